The van der Waals surface area contributed by atoms with Crippen molar-refractivity contribution in [2.45, 2.75) is 46.4 Å². The van der Waals surface area contributed by atoms with E-state index in [1.54, 1.807) is 13.8 Å². The third kappa shape index (κ3) is 14.9. The molecule has 2 N–H and O–H groups in total. The minimum atomic E-state index is -1.01. The standard InChI is InChI=1S/C13H21NO2.C2H6.C2H4/c1-13(2,15)16-10-6-9-14-11-12-7-4-3-5-8-12;2*1-2/h3-5,7-8,14-15H,6,9-11H2,1-2H3;1-2H3;1-2H2. The molecule has 0 unspecified atom stereocenters. The van der Waals surface area contributed by atoms with Gasteiger partial charge in [-0.2, -0.15) is 0 Å². The van der Waals surface area contributed by atoms with E-state index in [9.17, 15) is 5.11 Å². The second-order valence-electron chi connectivity index (χ2n) is 4.31. The molecule has 0 aliphatic rings. The minimum Gasteiger partial charge on any atom is -0.366 e. The number of nitrogens with one attached hydrogen (secondary N) is 1. The van der Waals surface area contributed by atoms with Gasteiger partial charge in [-0.15, -0.1) is 13.2 Å². The van der Waals surface area contributed by atoms with Crippen molar-refractivity contribution in [2.75, 3.05) is 13.2 Å². The molecule has 0 aliphatic heterocycles. The minimum absolute atomic E-state index is 0.575. The highest BCUT2D eigenvalue weighted by molar-refractivity contribution is 5.14. The van der Waals surface area contributed by atoms with Crippen LogP contribution in [0.1, 0.15) is 39.7 Å². The molecular weight excluding hydrogens is 250 g/mol. The Labute approximate surface area is 124 Å². The SMILES string of the molecule is C=C.CC.CC(C)(O)OCCCNCc1ccccc1. The maximum atomic E-state index is 9.31. The van der Waals surface area contributed by atoms with Gasteiger partial charge in [0.05, 0.1) is 6.61 Å². The summed E-state index contributed by atoms with van der Waals surface area (Å²) >= 11 is 0. The van der Waals surface area contributed by atoms with Gasteiger partial charge in [-0.1, -0.05) is 44.2 Å². The lowest BCUT2D eigenvalue weighted by Gasteiger charge is -2.17. The molecule has 0 saturated heterocycles. The summed E-state index contributed by atoms with van der Waals surface area (Å²) in [5.74, 6) is -1.01. The first-order valence-electron chi connectivity index (χ1n) is 7.19. The van der Waals surface area contributed by atoms with Gasteiger partial charge < -0.3 is 15.2 Å². The van der Waals surface area contributed by atoms with Crippen molar-refractivity contribution in [3.8, 4) is 0 Å². The molecule has 0 aliphatic carbocycles. The quantitative estimate of drug-likeness (QED) is 0.454. The van der Waals surface area contributed by atoms with Gasteiger partial charge >= 0.3 is 0 Å². The first-order valence-corrected chi connectivity index (χ1v) is 7.19. The molecule has 0 amide bonds. The van der Waals surface area contributed by atoms with Crippen LogP contribution in [0.15, 0.2) is 43.5 Å². The van der Waals surface area contributed by atoms with E-state index in [4.69, 9.17) is 4.74 Å². The van der Waals surface area contributed by atoms with Gasteiger partial charge in [0.15, 0.2) is 5.79 Å². The molecule has 0 saturated carbocycles. The van der Waals surface area contributed by atoms with Crippen LogP contribution in [-0.4, -0.2) is 24.0 Å². The van der Waals surface area contributed by atoms with Gasteiger partial charge in [-0.3, -0.25) is 0 Å². The fourth-order valence-electron chi connectivity index (χ4n) is 1.35. The van der Waals surface area contributed by atoms with E-state index in [0.717, 1.165) is 19.5 Å². The fourth-order valence-corrected chi connectivity index (χ4v) is 1.35. The average Bonchev–Trinajstić information content (AvgIpc) is 2.47. The second kappa shape index (κ2) is 14.3. The smallest absolute Gasteiger partial charge is 0.159 e. The van der Waals surface area contributed by atoms with Gasteiger partial charge in [-0.25, -0.2) is 0 Å². The van der Waals surface area contributed by atoms with Gasteiger partial charge in [0.25, 0.3) is 0 Å². The fraction of sp³-hybridized carbons (Fsp3) is 0.529. The maximum Gasteiger partial charge on any atom is 0.159 e. The predicted molar refractivity (Wildman–Crippen MR) is 87.6 cm³/mol. The maximum absolute atomic E-state index is 9.31. The van der Waals surface area contributed by atoms with Crippen LogP contribution >= 0.6 is 0 Å². The van der Waals surface area contributed by atoms with Crippen LogP contribution in [-0.2, 0) is 11.3 Å². The summed E-state index contributed by atoms with van der Waals surface area (Å²) in [5.41, 5.74) is 1.28. The van der Waals surface area contributed by atoms with E-state index in [2.05, 4.69) is 30.6 Å². The predicted octanol–water partition coefficient (Wildman–Crippen LogP) is 3.74. The zero-order valence-corrected chi connectivity index (χ0v) is 13.5. The molecule has 0 heterocycles. The van der Waals surface area contributed by atoms with Crippen molar-refractivity contribution in [1.29, 1.82) is 0 Å². The molecule has 0 radical (unpaired) electrons. The topological polar surface area (TPSA) is 41.5 Å². The van der Waals surface area contributed by atoms with Gasteiger partial charge in [0, 0.05) is 6.54 Å². The molecule has 3 heteroatoms. The Morgan fingerprint density at radius 3 is 2.20 bits per heavy atom. The summed E-state index contributed by atoms with van der Waals surface area (Å²) in [6, 6.07) is 10.3. The highest BCUT2D eigenvalue weighted by Gasteiger charge is 2.10. The van der Waals surface area contributed by atoms with Crippen LogP contribution < -0.4 is 5.32 Å². The Hall–Kier alpha value is -1.16. The van der Waals surface area contributed by atoms with Crippen LogP contribution in [0.3, 0.4) is 0 Å². The van der Waals surface area contributed by atoms with Gasteiger partial charge in [0.1, 0.15) is 0 Å². The third-order valence-corrected chi connectivity index (χ3v) is 2.13. The van der Waals surface area contributed by atoms with E-state index in [1.165, 1.54) is 5.56 Å². The van der Waals surface area contributed by atoms with E-state index in [1.807, 2.05) is 32.0 Å². The van der Waals surface area contributed by atoms with Crippen molar-refractivity contribution < 1.29 is 9.84 Å². The molecule has 0 bridgehead atoms. The summed E-state index contributed by atoms with van der Waals surface area (Å²) in [6.07, 6.45) is 0.900. The van der Waals surface area contributed by atoms with Crippen LogP contribution in [0, 0.1) is 0 Å². The van der Waals surface area contributed by atoms with Crippen LogP contribution in [0.5, 0.6) is 0 Å². The highest BCUT2D eigenvalue weighted by atomic mass is 16.6. The zero-order chi connectivity index (χ0) is 15.9. The molecular formula is C17H31NO2. The summed E-state index contributed by atoms with van der Waals surface area (Å²) in [5, 5.41) is 12.6. The molecule has 0 atom stereocenters. The van der Waals surface area contributed by atoms with E-state index in [-0.39, 0.29) is 0 Å². The monoisotopic (exact) mass is 281 g/mol. The molecule has 20 heavy (non-hydrogen) atoms. The number of aliphatic hydroxyl groups is 1. The summed E-state index contributed by atoms with van der Waals surface area (Å²) in [6.45, 7) is 15.6. The van der Waals surface area contributed by atoms with Crippen LogP contribution in [0.4, 0.5) is 0 Å². The van der Waals surface area contributed by atoms with Crippen molar-refractivity contribution in [1.82, 2.24) is 5.32 Å². The normalized spacial score (nSPS) is 9.85. The first kappa shape index (κ1) is 21.1. The Morgan fingerprint density at radius 2 is 1.70 bits per heavy atom. The van der Waals surface area contributed by atoms with E-state index in [0.29, 0.717) is 6.61 Å². The summed E-state index contributed by atoms with van der Waals surface area (Å²) in [4.78, 5) is 0. The number of hydrogen-bond acceptors (Lipinski definition) is 3. The van der Waals surface area contributed by atoms with Crippen molar-refractivity contribution >= 4 is 0 Å². The first-order chi connectivity index (χ1) is 9.58. The van der Waals surface area contributed by atoms with Crippen molar-refractivity contribution in [3.05, 3.63) is 49.1 Å². The zero-order valence-electron chi connectivity index (χ0n) is 13.5. The van der Waals surface area contributed by atoms with E-state index < -0.39 is 5.79 Å². The Kier molecular flexibility index (Phi) is 15.1. The highest BCUT2D eigenvalue weighted by Crippen LogP contribution is 2.03. The molecule has 0 spiro atoms. The van der Waals surface area contributed by atoms with Gasteiger partial charge in [-0.05, 0) is 32.4 Å². The number of rotatable bonds is 7. The molecule has 1 aromatic rings. The van der Waals surface area contributed by atoms with E-state index >= 15 is 0 Å². The Morgan fingerprint density at radius 1 is 1.15 bits per heavy atom. The Balaban J connectivity index is 0. The van der Waals surface area contributed by atoms with Crippen molar-refractivity contribution in [2.24, 2.45) is 0 Å². The molecule has 116 valence electrons. The molecule has 1 aromatic carbocycles. The van der Waals surface area contributed by atoms with Crippen LogP contribution in [0.2, 0.25) is 0 Å². The lowest BCUT2D eigenvalue weighted by atomic mass is 10.2. The van der Waals surface area contributed by atoms with Gasteiger partial charge in [0.2, 0.25) is 0 Å². The molecule has 3 nitrogen and oxygen atoms in total. The molecule has 0 fully saturated rings. The number of hydrogen-bond donors (Lipinski definition) is 2. The Bertz CT molecular complexity index is 294. The third-order valence-electron chi connectivity index (χ3n) is 2.13. The summed E-state index contributed by atoms with van der Waals surface area (Å²) in [7, 11) is 0. The number of ether oxygens (including phenoxy) is 1. The summed E-state index contributed by atoms with van der Waals surface area (Å²) < 4.78 is 5.20. The average molecular weight is 281 g/mol. The molecule has 1 rings (SSSR count). The lowest BCUT2D eigenvalue weighted by molar-refractivity contribution is -0.176. The van der Waals surface area contributed by atoms with Crippen molar-refractivity contribution in [3.63, 3.8) is 0 Å². The molecule has 0 aromatic heterocycles. The largest absolute Gasteiger partial charge is 0.366 e. The van der Waals surface area contributed by atoms with Crippen LogP contribution in [0.25, 0.3) is 0 Å². The second-order valence-corrected chi connectivity index (χ2v) is 4.31. The lowest BCUT2D eigenvalue weighted by Crippen LogP contribution is -2.25. The number of benzene rings is 1.